The van der Waals surface area contributed by atoms with Gasteiger partial charge >= 0.3 is 5.97 Å². The zero-order valence-corrected chi connectivity index (χ0v) is 11.5. The monoisotopic (exact) mass is 269 g/mol. The highest BCUT2D eigenvalue weighted by molar-refractivity contribution is 5.95. The first-order valence-electron chi connectivity index (χ1n) is 5.99. The summed E-state index contributed by atoms with van der Waals surface area (Å²) in [5.41, 5.74) is 0.501. The van der Waals surface area contributed by atoms with E-state index in [1.807, 2.05) is 0 Å². The van der Waals surface area contributed by atoms with Crippen LogP contribution in [0.5, 0.6) is 0 Å². The van der Waals surface area contributed by atoms with E-state index in [-0.39, 0.29) is 18.3 Å². The first kappa shape index (κ1) is 15.2. The highest BCUT2D eigenvalue weighted by Gasteiger charge is 2.20. The molecule has 106 valence electrons. The second-order valence-corrected chi connectivity index (χ2v) is 4.00. The van der Waals surface area contributed by atoms with Gasteiger partial charge in [0, 0.05) is 20.2 Å². The number of carbonyl (C=O) groups is 2. The minimum Gasteiger partial charge on any atom is -0.469 e. The van der Waals surface area contributed by atoms with Crippen molar-refractivity contribution >= 4 is 11.9 Å². The van der Waals surface area contributed by atoms with Crippen LogP contribution >= 0.6 is 0 Å². The normalized spacial score (nSPS) is 10.3. The predicted octanol–water partition coefficient (Wildman–Crippen LogP) is 1.24. The van der Waals surface area contributed by atoms with E-state index in [4.69, 9.17) is 9.15 Å². The number of hydrogen-bond acceptors (Lipinski definition) is 5. The lowest BCUT2D eigenvalue weighted by Crippen LogP contribution is -2.36. The molecule has 0 spiro atoms. The van der Waals surface area contributed by atoms with Crippen LogP contribution in [0.1, 0.15) is 22.5 Å². The maximum Gasteiger partial charge on any atom is 0.307 e. The Balaban J connectivity index is 2.70. The standard InChI is InChI=1S/C13H19NO5/c1-10-11(5-8-19-10)13(16)14(7-9-17-2)6-4-12(15)18-3/h5,8H,4,6-7,9H2,1-3H3. The zero-order chi connectivity index (χ0) is 14.3. The second-order valence-electron chi connectivity index (χ2n) is 4.00. The summed E-state index contributed by atoms with van der Waals surface area (Å²) >= 11 is 0. The van der Waals surface area contributed by atoms with E-state index in [9.17, 15) is 9.59 Å². The quantitative estimate of drug-likeness (QED) is 0.697. The molecule has 6 nitrogen and oxygen atoms in total. The molecule has 0 fully saturated rings. The first-order valence-corrected chi connectivity index (χ1v) is 5.99. The number of nitrogens with zero attached hydrogens (tertiary/aromatic N) is 1. The maximum absolute atomic E-state index is 12.3. The number of esters is 1. The van der Waals surface area contributed by atoms with Gasteiger partial charge in [-0.2, -0.15) is 0 Å². The Labute approximate surface area is 112 Å². The second kappa shape index (κ2) is 7.58. The van der Waals surface area contributed by atoms with Gasteiger partial charge < -0.3 is 18.8 Å². The molecule has 0 atom stereocenters. The van der Waals surface area contributed by atoms with E-state index in [2.05, 4.69) is 4.74 Å². The average Bonchev–Trinajstić information content (AvgIpc) is 2.84. The fourth-order valence-corrected chi connectivity index (χ4v) is 1.62. The molecule has 0 aliphatic rings. The topological polar surface area (TPSA) is 69.0 Å². The predicted molar refractivity (Wildman–Crippen MR) is 67.9 cm³/mol. The Kier molecular flexibility index (Phi) is 6.08. The summed E-state index contributed by atoms with van der Waals surface area (Å²) in [5.74, 6) is 0.0387. The Morgan fingerprint density at radius 3 is 2.58 bits per heavy atom. The van der Waals surface area contributed by atoms with Gasteiger partial charge in [0.15, 0.2) is 0 Å². The van der Waals surface area contributed by atoms with Crippen LogP contribution in [0, 0.1) is 6.92 Å². The third-order valence-electron chi connectivity index (χ3n) is 2.76. The number of ether oxygens (including phenoxy) is 2. The average molecular weight is 269 g/mol. The lowest BCUT2D eigenvalue weighted by atomic mass is 10.2. The fraction of sp³-hybridized carbons (Fsp3) is 0.538. The summed E-state index contributed by atoms with van der Waals surface area (Å²) in [4.78, 5) is 25.0. The molecule has 0 saturated carbocycles. The lowest BCUT2D eigenvalue weighted by molar-refractivity contribution is -0.140. The summed E-state index contributed by atoms with van der Waals surface area (Å²) in [6.07, 6.45) is 1.63. The zero-order valence-electron chi connectivity index (χ0n) is 11.5. The van der Waals surface area contributed by atoms with Crippen molar-refractivity contribution in [2.24, 2.45) is 0 Å². The van der Waals surface area contributed by atoms with E-state index in [1.165, 1.54) is 13.4 Å². The smallest absolute Gasteiger partial charge is 0.307 e. The van der Waals surface area contributed by atoms with Gasteiger partial charge in [-0.1, -0.05) is 0 Å². The molecule has 0 aliphatic carbocycles. The number of methoxy groups -OCH3 is 2. The number of amides is 1. The number of furan rings is 1. The van der Waals surface area contributed by atoms with Crippen LogP contribution in [-0.4, -0.2) is 50.7 Å². The van der Waals surface area contributed by atoms with Crippen LogP contribution in [0.25, 0.3) is 0 Å². The van der Waals surface area contributed by atoms with Gasteiger partial charge in [0.25, 0.3) is 5.91 Å². The summed E-state index contributed by atoms with van der Waals surface area (Å²) in [6.45, 7) is 2.84. The number of aryl methyl sites for hydroxylation is 1. The molecule has 1 aromatic rings. The molecule has 6 heteroatoms. The van der Waals surface area contributed by atoms with Crippen molar-refractivity contribution in [3.05, 3.63) is 23.7 Å². The van der Waals surface area contributed by atoms with Crippen molar-refractivity contribution < 1.29 is 23.5 Å². The van der Waals surface area contributed by atoms with Crippen molar-refractivity contribution in [2.75, 3.05) is 33.9 Å². The van der Waals surface area contributed by atoms with Gasteiger partial charge in [-0.3, -0.25) is 9.59 Å². The van der Waals surface area contributed by atoms with Crippen LogP contribution in [-0.2, 0) is 14.3 Å². The van der Waals surface area contributed by atoms with E-state index in [1.54, 1.807) is 25.0 Å². The van der Waals surface area contributed by atoms with Crippen LogP contribution in [0.2, 0.25) is 0 Å². The molecule has 0 aliphatic heterocycles. The molecule has 1 amide bonds. The van der Waals surface area contributed by atoms with E-state index >= 15 is 0 Å². The van der Waals surface area contributed by atoms with Gasteiger partial charge in [0.1, 0.15) is 5.76 Å². The SMILES string of the molecule is COCCN(CCC(=O)OC)C(=O)c1ccoc1C. The highest BCUT2D eigenvalue weighted by Crippen LogP contribution is 2.12. The third-order valence-corrected chi connectivity index (χ3v) is 2.76. The van der Waals surface area contributed by atoms with E-state index in [0.717, 1.165) is 0 Å². The molecular formula is C13H19NO5. The third kappa shape index (κ3) is 4.40. The summed E-state index contributed by atoms with van der Waals surface area (Å²) in [6, 6.07) is 1.62. The fourth-order valence-electron chi connectivity index (χ4n) is 1.62. The lowest BCUT2D eigenvalue weighted by Gasteiger charge is -2.21. The first-order chi connectivity index (χ1) is 9.10. The van der Waals surface area contributed by atoms with Crippen molar-refractivity contribution in [2.45, 2.75) is 13.3 Å². The minimum absolute atomic E-state index is 0.156. The molecular weight excluding hydrogens is 250 g/mol. The van der Waals surface area contributed by atoms with Crippen LogP contribution < -0.4 is 0 Å². The maximum atomic E-state index is 12.3. The highest BCUT2D eigenvalue weighted by atomic mass is 16.5. The van der Waals surface area contributed by atoms with Gasteiger partial charge in [-0.25, -0.2) is 0 Å². The van der Waals surface area contributed by atoms with Crippen LogP contribution in [0.4, 0.5) is 0 Å². The van der Waals surface area contributed by atoms with Crippen molar-refractivity contribution in [3.63, 3.8) is 0 Å². The van der Waals surface area contributed by atoms with Crippen LogP contribution in [0.15, 0.2) is 16.7 Å². The molecule has 1 heterocycles. The van der Waals surface area contributed by atoms with Crippen molar-refractivity contribution in [3.8, 4) is 0 Å². The Bertz CT molecular complexity index is 426. The Morgan fingerprint density at radius 2 is 2.05 bits per heavy atom. The molecule has 19 heavy (non-hydrogen) atoms. The molecule has 0 aromatic carbocycles. The molecule has 1 aromatic heterocycles. The van der Waals surface area contributed by atoms with Crippen LogP contribution in [0.3, 0.4) is 0 Å². The number of carbonyl (C=O) groups excluding carboxylic acids is 2. The molecule has 0 unspecified atom stereocenters. The van der Waals surface area contributed by atoms with E-state index < -0.39 is 0 Å². The van der Waals surface area contributed by atoms with Gasteiger partial charge in [-0.05, 0) is 13.0 Å². The number of hydrogen-bond donors (Lipinski definition) is 0. The molecule has 0 N–H and O–H groups in total. The van der Waals surface area contributed by atoms with Crippen molar-refractivity contribution in [1.29, 1.82) is 0 Å². The molecule has 0 saturated heterocycles. The molecule has 1 rings (SSSR count). The van der Waals surface area contributed by atoms with Gasteiger partial charge in [0.2, 0.25) is 0 Å². The van der Waals surface area contributed by atoms with Gasteiger partial charge in [-0.15, -0.1) is 0 Å². The molecule has 0 radical (unpaired) electrons. The summed E-state index contributed by atoms with van der Waals surface area (Å²) in [7, 11) is 2.88. The Hall–Kier alpha value is -1.82. The minimum atomic E-state index is -0.348. The summed E-state index contributed by atoms with van der Waals surface area (Å²) in [5, 5.41) is 0. The largest absolute Gasteiger partial charge is 0.469 e. The van der Waals surface area contributed by atoms with Crippen molar-refractivity contribution in [1.82, 2.24) is 4.90 Å². The summed E-state index contributed by atoms with van der Waals surface area (Å²) < 4.78 is 14.7. The Morgan fingerprint density at radius 1 is 1.32 bits per heavy atom. The molecule has 0 bridgehead atoms. The van der Waals surface area contributed by atoms with Gasteiger partial charge in [0.05, 0.1) is 32.0 Å². The number of rotatable bonds is 7. The van der Waals surface area contributed by atoms with E-state index in [0.29, 0.717) is 31.0 Å².